The quantitative estimate of drug-likeness (QED) is 0.756. The van der Waals surface area contributed by atoms with Crippen LogP contribution in [0.4, 0.5) is 4.79 Å². The summed E-state index contributed by atoms with van der Waals surface area (Å²) >= 11 is 0. The molecule has 29 heavy (non-hydrogen) atoms. The Morgan fingerprint density at radius 1 is 1.14 bits per heavy atom. The Bertz CT molecular complexity index is 856. The number of nitriles is 1. The number of rotatable bonds is 4. The number of likely N-dealkylation sites (tertiary alicyclic amines) is 1. The van der Waals surface area contributed by atoms with Crippen molar-refractivity contribution in [2.45, 2.75) is 39.2 Å². The highest BCUT2D eigenvalue weighted by atomic mass is 16.6. The van der Waals surface area contributed by atoms with E-state index >= 15 is 0 Å². The van der Waals surface area contributed by atoms with Crippen LogP contribution in [0.3, 0.4) is 0 Å². The van der Waals surface area contributed by atoms with E-state index in [1.165, 1.54) is 0 Å². The van der Waals surface area contributed by atoms with Crippen LogP contribution < -0.4 is 4.74 Å². The van der Waals surface area contributed by atoms with Crippen molar-refractivity contribution in [2.75, 3.05) is 19.7 Å². The van der Waals surface area contributed by atoms with Gasteiger partial charge in [0.2, 0.25) is 5.88 Å². The van der Waals surface area contributed by atoms with Crippen LogP contribution in [0, 0.1) is 17.2 Å². The Morgan fingerprint density at radius 3 is 2.34 bits per heavy atom. The number of amides is 1. The molecule has 6 heteroatoms. The SMILES string of the molecule is CC(C)(C)OC(=O)N1CCC(COc2ccc(-c3ccc(C#N)cc3)cn2)CC1. The van der Waals surface area contributed by atoms with Crippen molar-refractivity contribution in [3.63, 3.8) is 0 Å². The molecule has 152 valence electrons. The Labute approximate surface area is 172 Å². The molecule has 1 fully saturated rings. The zero-order valence-electron chi connectivity index (χ0n) is 17.2. The van der Waals surface area contributed by atoms with E-state index < -0.39 is 5.60 Å². The van der Waals surface area contributed by atoms with Crippen molar-refractivity contribution in [1.82, 2.24) is 9.88 Å². The maximum absolute atomic E-state index is 12.1. The fourth-order valence-corrected chi connectivity index (χ4v) is 3.19. The van der Waals surface area contributed by atoms with Gasteiger partial charge < -0.3 is 14.4 Å². The van der Waals surface area contributed by atoms with Crippen molar-refractivity contribution < 1.29 is 14.3 Å². The van der Waals surface area contributed by atoms with Gasteiger partial charge in [-0.25, -0.2) is 9.78 Å². The van der Waals surface area contributed by atoms with E-state index in [0.29, 0.717) is 37.1 Å². The van der Waals surface area contributed by atoms with Gasteiger partial charge in [-0.1, -0.05) is 12.1 Å². The standard InChI is InChI=1S/C23H27N3O3/c1-23(2,3)29-22(27)26-12-10-18(11-13-26)16-28-21-9-8-20(15-25-21)19-6-4-17(14-24)5-7-19/h4-9,15,18H,10-13,16H2,1-3H3. The minimum absolute atomic E-state index is 0.239. The summed E-state index contributed by atoms with van der Waals surface area (Å²) < 4.78 is 11.3. The molecule has 0 saturated carbocycles. The predicted octanol–water partition coefficient (Wildman–Crippen LogP) is 4.65. The normalized spacial score (nSPS) is 14.9. The van der Waals surface area contributed by atoms with Crippen molar-refractivity contribution >= 4 is 6.09 Å². The number of carbonyl (C=O) groups excluding carboxylic acids is 1. The van der Waals surface area contributed by atoms with Crippen molar-refractivity contribution in [2.24, 2.45) is 5.92 Å². The van der Waals surface area contributed by atoms with E-state index in [0.717, 1.165) is 24.0 Å². The van der Waals surface area contributed by atoms with E-state index in [2.05, 4.69) is 11.1 Å². The van der Waals surface area contributed by atoms with Gasteiger partial charge >= 0.3 is 6.09 Å². The third-order valence-corrected chi connectivity index (χ3v) is 4.82. The van der Waals surface area contributed by atoms with Gasteiger partial charge in [0.25, 0.3) is 0 Å². The minimum Gasteiger partial charge on any atom is -0.477 e. The van der Waals surface area contributed by atoms with Gasteiger partial charge in [-0.15, -0.1) is 0 Å². The summed E-state index contributed by atoms with van der Waals surface area (Å²) in [6.45, 7) is 7.61. The topological polar surface area (TPSA) is 75.4 Å². The number of aromatic nitrogens is 1. The van der Waals surface area contributed by atoms with Gasteiger partial charge in [0.05, 0.1) is 18.2 Å². The maximum Gasteiger partial charge on any atom is 0.410 e. The van der Waals surface area contributed by atoms with Gasteiger partial charge in [0, 0.05) is 30.9 Å². The Balaban J connectivity index is 1.46. The van der Waals surface area contributed by atoms with Crippen LogP contribution in [0.5, 0.6) is 5.88 Å². The molecule has 0 atom stereocenters. The largest absolute Gasteiger partial charge is 0.477 e. The van der Waals surface area contributed by atoms with Crippen LogP contribution in [-0.4, -0.2) is 41.3 Å². The second-order valence-electron chi connectivity index (χ2n) is 8.30. The molecule has 0 radical (unpaired) electrons. The zero-order valence-corrected chi connectivity index (χ0v) is 17.2. The van der Waals surface area contributed by atoms with Gasteiger partial charge in [-0.3, -0.25) is 0 Å². The number of carbonyl (C=O) groups is 1. The van der Waals surface area contributed by atoms with Crippen LogP contribution in [0.25, 0.3) is 11.1 Å². The molecule has 6 nitrogen and oxygen atoms in total. The first kappa shape index (κ1) is 20.7. The third kappa shape index (κ3) is 5.95. The lowest BCUT2D eigenvalue weighted by Gasteiger charge is -2.33. The van der Waals surface area contributed by atoms with Crippen molar-refractivity contribution in [3.05, 3.63) is 48.2 Å². The second kappa shape index (κ2) is 8.95. The molecule has 0 aliphatic carbocycles. The number of hydrogen-bond donors (Lipinski definition) is 0. The number of nitrogens with zero attached hydrogens (tertiary/aromatic N) is 3. The van der Waals surface area contributed by atoms with E-state index in [4.69, 9.17) is 14.7 Å². The molecule has 1 aliphatic rings. The third-order valence-electron chi connectivity index (χ3n) is 4.82. The van der Waals surface area contributed by atoms with E-state index in [1.54, 1.807) is 23.2 Å². The van der Waals surface area contributed by atoms with Crippen molar-refractivity contribution in [1.29, 1.82) is 5.26 Å². The zero-order chi connectivity index (χ0) is 20.9. The fraction of sp³-hybridized carbons (Fsp3) is 0.435. The van der Waals surface area contributed by atoms with Crippen LogP contribution in [0.1, 0.15) is 39.2 Å². The lowest BCUT2D eigenvalue weighted by Crippen LogP contribution is -2.42. The summed E-state index contributed by atoms with van der Waals surface area (Å²) in [5.41, 5.74) is 2.16. The van der Waals surface area contributed by atoms with E-state index in [-0.39, 0.29) is 6.09 Å². The van der Waals surface area contributed by atoms with Crippen LogP contribution >= 0.6 is 0 Å². The number of piperidine rings is 1. The summed E-state index contributed by atoms with van der Waals surface area (Å²) in [6, 6.07) is 13.4. The molecule has 0 unspecified atom stereocenters. The molecular formula is C23H27N3O3. The minimum atomic E-state index is -0.466. The summed E-state index contributed by atoms with van der Waals surface area (Å²) in [4.78, 5) is 18.3. The van der Waals surface area contributed by atoms with Gasteiger partial charge in [-0.05, 0) is 63.3 Å². The molecule has 2 heterocycles. The number of pyridine rings is 1. The maximum atomic E-state index is 12.1. The second-order valence-corrected chi connectivity index (χ2v) is 8.30. The molecule has 0 spiro atoms. The molecule has 0 bridgehead atoms. The Hall–Kier alpha value is -3.07. The molecule has 1 aromatic heterocycles. The average Bonchev–Trinajstić information content (AvgIpc) is 2.72. The van der Waals surface area contributed by atoms with Gasteiger partial charge in [-0.2, -0.15) is 5.26 Å². The first-order valence-corrected chi connectivity index (χ1v) is 9.91. The molecule has 2 aromatic rings. The van der Waals surface area contributed by atoms with Crippen LogP contribution in [0.2, 0.25) is 0 Å². The highest BCUT2D eigenvalue weighted by Gasteiger charge is 2.27. The Morgan fingerprint density at radius 2 is 1.79 bits per heavy atom. The first-order chi connectivity index (χ1) is 13.8. The molecule has 1 saturated heterocycles. The molecule has 3 rings (SSSR count). The lowest BCUT2D eigenvalue weighted by atomic mass is 9.98. The highest BCUT2D eigenvalue weighted by molar-refractivity contribution is 5.68. The monoisotopic (exact) mass is 393 g/mol. The molecule has 0 N–H and O–H groups in total. The fourth-order valence-electron chi connectivity index (χ4n) is 3.19. The van der Waals surface area contributed by atoms with Gasteiger partial charge in [0.15, 0.2) is 0 Å². The van der Waals surface area contributed by atoms with Gasteiger partial charge in [0.1, 0.15) is 5.60 Å². The van der Waals surface area contributed by atoms with E-state index in [1.807, 2.05) is 45.0 Å². The molecule has 1 amide bonds. The van der Waals surface area contributed by atoms with Crippen molar-refractivity contribution in [3.8, 4) is 23.1 Å². The summed E-state index contributed by atoms with van der Waals surface area (Å²) in [5.74, 6) is 0.991. The summed E-state index contributed by atoms with van der Waals surface area (Å²) in [7, 11) is 0. The lowest BCUT2D eigenvalue weighted by molar-refractivity contribution is 0.0164. The summed E-state index contributed by atoms with van der Waals surface area (Å²) in [5, 5.41) is 8.88. The summed E-state index contributed by atoms with van der Waals surface area (Å²) in [6.07, 6.45) is 3.32. The predicted molar refractivity (Wildman–Crippen MR) is 110 cm³/mol. The molecular weight excluding hydrogens is 366 g/mol. The molecule has 1 aliphatic heterocycles. The number of benzene rings is 1. The molecule has 1 aromatic carbocycles. The number of hydrogen-bond acceptors (Lipinski definition) is 5. The van der Waals surface area contributed by atoms with Crippen LogP contribution in [-0.2, 0) is 4.74 Å². The van der Waals surface area contributed by atoms with Crippen LogP contribution in [0.15, 0.2) is 42.6 Å². The first-order valence-electron chi connectivity index (χ1n) is 9.91. The smallest absolute Gasteiger partial charge is 0.410 e. The average molecular weight is 393 g/mol. The van der Waals surface area contributed by atoms with E-state index in [9.17, 15) is 4.79 Å². The Kier molecular flexibility index (Phi) is 6.38. The highest BCUT2D eigenvalue weighted by Crippen LogP contribution is 2.23. The number of ether oxygens (including phenoxy) is 2.